The molecule has 2 aromatic carbocycles. The average Bonchev–Trinajstić information content (AvgIpc) is 2.92. The Kier molecular flexibility index (Phi) is 5.76. The number of rotatable bonds is 5. The van der Waals surface area contributed by atoms with Crippen molar-refractivity contribution < 1.29 is 18.0 Å². The Labute approximate surface area is 158 Å². The number of likely N-dealkylation sites (N-methyl/N-ethyl adjacent to an activating group) is 1. The smallest absolute Gasteiger partial charge is 0.321 e. The van der Waals surface area contributed by atoms with Crippen molar-refractivity contribution in [2.45, 2.75) is 19.0 Å². The van der Waals surface area contributed by atoms with Crippen molar-refractivity contribution in [1.29, 1.82) is 0 Å². The fourth-order valence-corrected chi connectivity index (χ4v) is 4.92. The van der Waals surface area contributed by atoms with Crippen LogP contribution in [-0.2, 0) is 21.2 Å². The van der Waals surface area contributed by atoms with E-state index in [-0.39, 0.29) is 18.1 Å². The van der Waals surface area contributed by atoms with Crippen LogP contribution in [0.5, 0.6) is 0 Å². The number of sulfone groups is 1. The minimum atomic E-state index is -3.07. The molecule has 7 nitrogen and oxygen atoms in total. The maximum Gasteiger partial charge on any atom is 0.321 e. The molecule has 27 heavy (non-hydrogen) atoms. The van der Waals surface area contributed by atoms with Gasteiger partial charge in [0.15, 0.2) is 9.84 Å². The molecule has 0 spiro atoms. The lowest BCUT2D eigenvalue weighted by Gasteiger charge is -2.17. The van der Waals surface area contributed by atoms with Gasteiger partial charge >= 0.3 is 6.03 Å². The molecule has 144 valence electrons. The van der Waals surface area contributed by atoms with Gasteiger partial charge in [0.2, 0.25) is 5.91 Å². The lowest BCUT2D eigenvalue weighted by atomic mass is 10.1. The van der Waals surface area contributed by atoms with Gasteiger partial charge in [-0.05, 0) is 35.9 Å². The molecule has 1 heterocycles. The van der Waals surface area contributed by atoms with Gasteiger partial charge in [-0.15, -0.1) is 0 Å². The Hall–Kier alpha value is -2.45. The lowest BCUT2D eigenvalue weighted by molar-refractivity contribution is -0.120. The van der Waals surface area contributed by atoms with Crippen molar-refractivity contribution >= 4 is 32.5 Å². The molecule has 3 rings (SSSR count). The zero-order valence-corrected chi connectivity index (χ0v) is 16.0. The van der Waals surface area contributed by atoms with Crippen LogP contribution < -0.4 is 10.6 Å². The van der Waals surface area contributed by atoms with E-state index in [0.717, 1.165) is 16.3 Å². The highest BCUT2D eigenvalue weighted by Gasteiger charge is 2.29. The Morgan fingerprint density at radius 2 is 1.89 bits per heavy atom. The van der Waals surface area contributed by atoms with Gasteiger partial charge in [-0.1, -0.05) is 36.4 Å². The molecule has 8 heteroatoms. The molecule has 0 radical (unpaired) electrons. The first-order chi connectivity index (χ1) is 12.8. The molecule has 0 aliphatic carbocycles. The van der Waals surface area contributed by atoms with Gasteiger partial charge in [-0.2, -0.15) is 0 Å². The van der Waals surface area contributed by atoms with Gasteiger partial charge < -0.3 is 5.32 Å². The molecule has 1 aliphatic heterocycles. The zero-order chi connectivity index (χ0) is 19.4. The SMILES string of the molecule is CN(CC(=O)NC(=O)NC1CCS(=O)(=O)C1)Cc1ccc2ccccc2c1. The number of nitrogens with one attached hydrogen (secondary N) is 2. The van der Waals surface area contributed by atoms with E-state index in [2.05, 4.69) is 16.7 Å². The van der Waals surface area contributed by atoms with Gasteiger partial charge in [0.1, 0.15) is 0 Å². The standard InChI is InChI=1S/C19H23N3O4S/c1-22(11-14-6-7-15-4-2-3-5-16(15)10-14)12-18(23)21-19(24)20-17-8-9-27(25,26)13-17/h2-7,10,17H,8-9,11-13H2,1H3,(H2,20,21,23,24). The number of urea groups is 1. The van der Waals surface area contributed by atoms with E-state index in [4.69, 9.17) is 0 Å². The van der Waals surface area contributed by atoms with Crippen molar-refractivity contribution in [3.05, 3.63) is 48.0 Å². The quantitative estimate of drug-likeness (QED) is 0.803. The molecular weight excluding hydrogens is 366 g/mol. The first kappa shape index (κ1) is 19.3. The van der Waals surface area contributed by atoms with Crippen LogP contribution in [0.2, 0.25) is 0 Å². The number of benzene rings is 2. The third-order valence-corrected chi connectivity index (χ3v) is 6.27. The van der Waals surface area contributed by atoms with Crippen LogP contribution in [-0.4, -0.2) is 56.4 Å². The Balaban J connectivity index is 1.47. The highest BCUT2D eigenvalue weighted by molar-refractivity contribution is 7.91. The summed E-state index contributed by atoms with van der Waals surface area (Å²) in [5.41, 5.74) is 1.07. The molecule has 0 bridgehead atoms. The number of fused-ring (bicyclic) bond motifs is 1. The summed E-state index contributed by atoms with van der Waals surface area (Å²) in [5, 5.41) is 7.09. The van der Waals surface area contributed by atoms with Crippen LogP contribution in [0.3, 0.4) is 0 Å². The van der Waals surface area contributed by atoms with E-state index in [9.17, 15) is 18.0 Å². The van der Waals surface area contributed by atoms with Gasteiger partial charge in [-0.25, -0.2) is 13.2 Å². The fourth-order valence-electron chi connectivity index (χ4n) is 3.25. The first-order valence-electron chi connectivity index (χ1n) is 8.78. The monoisotopic (exact) mass is 389 g/mol. The van der Waals surface area contributed by atoms with Crippen LogP contribution >= 0.6 is 0 Å². The number of nitrogens with zero attached hydrogens (tertiary/aromatic N) is 1. The second kappa shape index (κ2) is 8.06. The van der Waals surface area contributed by atoms with Gasteiger partial charge in [0.05, 0.1) is 18.1 Å². The van der Waals surface area contributed by atoms with Crippen molar-refractivity contribution in [3.63, 3.8) is 0 Å². The van der Waals surface area contributed by atoms with Crippen molar-refractivity contribution in [1.82, 2.24) is 15.5 Å². The van der Waals surface area contributed by atoms with Crippen molar-refractivity contribution in [2.75, 3.05) is 25.1 Å². The third-order valence-electron chi connectivity index (χ3n) is 4.50. The highest BCUT2D eigenvalue weighted by atomic mass is 32.2. The van der Waals surface area contributed by atoms with Crippen LogP contribution in [0.15, 0.2) is 42.5 Å². The van der Waals surface area contributed by atoms with E-state index in [1.807, 2.05) is 41.3 Å². The average molecular weight is 389 g/mol. The zero-order valence-electron chi connectivity index (χ0n) is 15.1. The summed E-state index contributed by atoms with van der Waals surface area (Å²) in [7, 11) is -1.27. The molecular formula is C19H23N3O4S. The van der Waals surface area contributed by atoms with Crippen LogP contribution in [0.4, 0.5) is 4.79 Å². The number of hydrogen-bond donors (Lipinski definition) is 2. The van der Waals surface area contributed by atoms with Crippen LogP contribution in [0, 0.1) is 0 Å². The molecule has 2 N–H and O–H groups in total. The number of amides is 3. The molecule has 3 amide bonds. The third kappa shape index (κ3) is 5.51. The number of hydrogen-bond acceptors (Lipinski definition) is 5. The topological polar surface area (TPSA) is 95.6 Å². The lowest BCUT2D eigenvalue weighted by Crippen LogP contribution is -2.47. The maximum absolute atomic E-state index is 12.0. The minimum Gasteiger partial charge on any atom is -0.334 e. The van der Waals surface area contributed by atoms with Crippen LogP contribution in [0.1, 0.15) is 12.0 Å². The summed E-state index contributed by atoms with van der Waals surface area (Å²) >= 11 is 0. The van der Waals surface area contributed by atoms with E-state index in [1.165, 1.54) is 0 Å². The molecule has 1 unspecified atom stereocenters. The summed E-state index contributed by atoms with van der Waals surface area (Å²) in [6, 6.07) is 13.1. The van der Waals surface area contributed by atoms with Gasteiger partial charge in [-0.3, -0.25) is 15.0 Å². The molecule has 0 saturated carbocycles. The second-order valence-corrected chi connectivity index (χ2v) is 9.20. The summed E-state index contributed by atoms with van der Waals surface area (Å²) in [6.07, 6.45) is 0.381. The largest absolute Gasteiger partial charge is 0.334 e. The number of carbonyl (C=O) groups is 2. The van der Waals surface area contributed by atoms with Crippen molar-refractivity contribution in [2.24, 2.45) is 0 Å². The normalized spacial score (nSPS) is 18.5. The number of imide groups is 1. The minimum absolute atomic E-state index is 0.0587. The Bertz CT molecular complexity index is 958. The predicted molar refractivity (Wildman–Crippen MR) is 104 cm³/mol. The number of carbonyl (C=O) groups excluding carboxylic acids is 2. The summed E-state index contributed by atoms with van der Waals surface area (Å²) in [4.78, 5) is 25.7. The summed E-state index contributed by atoms with van der Waals surface area (Å²) < 4.78 is 22.8. The van der Waals surface area contributed by atoms with Crippen LogP contribution in [0.25, 0.3) is 10.8 Å². The van der Waals surface area contributed by atoms with Crippen molar-refractivity contribution in [3.8, 4) is 0 Å². The molecule has 1 atom stereocenters. The van der Waals surface area contributed by atoms with E-state index < -0.39 is 27.8 Å². The highest BCUT2D eigenvalue weighted by Crippen LogP contribution is 2.16. The molecule has 1 fully saturated rings. The molecule has 0 aromatic heterocycles. The molecule has 1 aliphatic rings. The first-order valence-corrected chi connectivity index (χ1v) is 10.6. The molecule has 2 aromatic rings. The predicted octanol–water partition coefficient (Wildman–Crippen LogP) is 1.28. The fraction of sp³-hybridized carbons (Fsp3) is 0.368. The van der Waals surface area contributed by atoms with E-state index in [1.54, 1.807) is 7.05 Å². The Morgan fingerprint density at radius 3 is 2.59 bits per heavy atom. The van der Waals surface area contributed by atoms with Gasteiger partial charge in [0.25, 0.3) is 0 Å². The second-order valence-electron chi connectivity index (χ2n) is 6.98. The summed E-state index contributed by atoms with van der Waals surface area (Å²) in [5.74, 6) is -0.437. The summed E-state index contributed by atoms with van der Waals surface area (Å²) in [6.45, 7) is 0.629. The van der Waals surface area contributed by atoms with Gasteiger partial charge in [0, 0.05) is 12.6 Å². The van der Waals surface area contributed by atoms with E-state index in [0.29, 0.717) is 13.0 Å². The Morgan fingerprint density at radius 1 is 1.15 bits per heavy atom. The maximum atomic E-state index is 12.0. The molecule has 1 saturated heterocycles. The van der Waals surface area contributed by atoms with E-state index >= 15 is 0 Å².